The minimum Gasteiger partial charge on any atom is -0.508 e. The van der Waals surface area contributed by atoms with Crippen LogP contribution in [0.4, 0.5) is 0 Å². The Morgan fingerprint density at radius 3 is 2.09 bits per heavy atom. The minimum atomic E-state index is -0.325. The maximum atomic E-state index is 10.8. The van der Waals surface area contributed by atoms with Gasteiger partial charge in [-0.15, -0.1) is 0 Å². The zero-order valence-corrected chi connectivity index (χ0v) is 12.4. The second-order valence-corrected chi connectivity index (χ2v) is 5.15. The molecule has 0 radical (unpaired) electrons. The number of carbonyl (C=O) groups excluding carboxylic acids is 1. The van der Waals surface area contributed by atoms with E-state index in [4.69, 9.17) is 15.2 Å². The summed E-state index contributed by atoms with van der Waals surface area (Å²) in [6.45, 7) is 2.34. The molecule has 0 spiro atoms. The molecule has 5 heteroatoms. The molecule has 3 N–H and O–H groups in total. The van der Waals surface area contributed by atoms with Crippen LogP contribution >= 0.6 is 0 Å². The average molecular weight is 301 g/mol. The zero-order chi connectivity index (χ0) is 15.9. The van der Waals surface area contributed by atoms with Gasteiger partial charge in [0.25, 0.3) is 0 Å². The van der Waals surface area contributed by atoms with E-state index in [0.29, 0.717) is 30.3 Å². The number of hydrogen-bond donors (Lipinski definition) is 2. The van der Waals surface area contributed by atoms with E-state index in [1.54, 1.807) is 48.5 Å². The minimum absolute atomic E-state index is 0.0745. The fourth-order valence-electron chi connectivity index (χ4n) is 1.90. The van der Waals surface area contributed by atoms with Crippen LogP contribution in [0.2, 0.25) is 0 Å². The summed E-state index contributed by atoms with van der Waals surface area (Å²) in [5, 5.41) is 9.22. The molecule has 0 unspecified atom stereocenters. The summed E-state index contributed by atoms with van der Waals surface area (Å²) in [5.41, 5.74) is 5.14. The highest BCUT2D eigenvalue weighted by Crippen LogP contribution is 2.25. The van der Waals surface area contributed by atoms with Gasteiger partial charge in [-0.2, -0.15) is 0 Å². The van der Waals surface area contributed by atoms with Gasteiger partial charge in [0.15, 0.2) is 0 Å². The lowest BCUT2D eigenvalue weighted by atomic mass is 10.1. The van der Waals surface area contributed by atoms with Crippen molar-refractivity contribution < 1.29 is 19.4 Å². The summed E-state index contributed by atoms with van der Waals surface area (Å²) in [7, 11) is 0. The van der Waals surface area contributed by atoms with Gasteiger partial charge >= 0.3 is 0 Å². The van der Waals surface area contributed by atoms with Gasteiger partial charge in [-0.25, -0.2) is 0 Å². The predicted molar refractivity (Wildman–Crippen MR) is 83.1 cm³/mol. The van der Waals surface area contributed by atoms with E-state index < -0.39 is 0 Å². The van der Waals surface area contributed by atoms with E-state index in [1.807, 2.05) is 6.92 Å². The van der Waals surface area contributed by atoms with Crippen LogP contribution in [0.5, 0.6) is 23.0 Å². The molecule has 0 aromatic heterocycles. The molecule has 2 rings (SSSR count). The number of benzene rings is 2. The lowest BCUT2D eigenvalue weighted by Crippen LogP contribution is -2.18. The van der Waals surface area contributed by atoms with Crippen molar-refractivity contribution in [2.75, 3.05) is 6.61 Å². The molecule has 1 atom stereocenters. The standard InChI is InChI=1S/C17H19NO4/c1-12(10-17(18)20)11-21-14-6-8-16(9-7-14)22-15-4-2-13(19)3-5-15/h2-9,12,19H,10-11H2,1H3,(H2,18,20)/t12-/m0/s1. The summed E-state index contributed by atoms with van der Waals surface area (Å²) >= 11 is 0. The number of phenolic OH excluding ortho intramolecular Hbond substituents is 1. The SMILES string of the molecule is C[C@H](COc1ccc(Oc2ccc(O)cc2)cc1)CC(N)=O. The Balaban J connectivity index is 1.87. The number of rotatable bonds is 7. The second kappa shape index (κ2) is 7.36. The third-order valence-electron chi connectivity index (χ3n) is 2.98. The van der Waals surface area contributed by atoms with Crippen molar-refractivity contribution in [2.24, 2.45) is 11.7 Å². The first-order valence-corrected chi connectivity index (χ1v) is 7.01. The molecule has 0 heterocycles. The summed E-state index contributed by atoms with van der Waals surface area (Å²) in [4.78, 5) is 10.8. The predicted octanol–water partition coefficient (Wildman–Crippen LogP) is 3.07. The highest BCUT2D eigenvalue weighted by Gasteiger charge is 2.07. The molecule has 0 saturated carbocycles. The Kier molecular flexibility index (Phi) is 5.25. The maximum absolute atomic E-state index is 10.8. The number of aromatic hydroxyl groups is 1. The zero-order valence-electron chi connectivity index (χ0n) is 12.4. The van der Waals surface area contributed by atoms with E-state index >= 15 is 0 Å². The highest BCUT2D eigenvalue weighted by molar-refractivity contribution is 5.73. The molecule has 0 aliphatic carbocycles. The van der Waals surface area contributed by atoms with Crippen molar-refractivity contribution in [3.63, 3.8) is 0 Å². The van der Waals surface area contributed by atoms with Crippen LogP contribution in [-0.4, -0.2) is 17.6 Å². The Labute approximate surface area is 129 Å². The van der Waals surface area contributed by atoms with Gasteiger partial charge in [0.1, 0.15) is 23.0 Å². The molecular weight excluding hydrogens is 282 g/mol. The van der Waals surface area contributed by atoms with Crippen molar-refractivity contribution >= 4 is 5.91 Å². The third-order valence-corrected chi connectivity index (χ3v) is 2.98. The van der Waals surface area contributed by atoms with Crippen molar-refractivity contribution in [2.45, 2.75) is 13.3 Å². The van der Waals surface area contributed by atoms with E-state index in [-0.39, 0.29) is 17.6 Å². The summed E-state index contributed by atoms with van der Waals surface area (Å²) in [6.07, 6.45) is 0.308. The molecule has 22 heavy (non-hydrogen) atoms. The molecular formula is C17H19NO4. The third kappa shape index (κ3) is 5.01. The smallest absolute Gasteiger partial charge is 0.217 e. The van der Waals surface area contributed by atoms with E-state index in [0.717, 1.165) is 0 Å². The summed E-state index contributed by atoms with van der Waals surface area (Å²) in [6, 6.07) is 13.7. The van der Waals surface area contributed by atoms with Gasteiger partial charge in [-0.1, -0.05) is 6.92 Å². The van der Waals surface area contributed by atoms with Crippen molar-refractivity contribution in [1.82, 2.24) is 0 Å². The highest BCUT2D eigenvalue weighted by atomic mass is 16.5. The van der Waals surface area contributed by atoms with E-state index in [9.17, 15) is 9.90 Å². The van der Waals surface area contributed by atoms with Gasteiger partial charge in [0.2, 0.25) is 5.91 Å². The van der Waals surface area contributed by atoms with Gasteiger partial charge in [0, 0.05) is 6.42 Å². The number of phenols is 1. The Bertz CT molecular complexity index is 608. The first kappa shape index (κ1) is 15.7. The fraction of sp³-hybridized carbons (Fsp3) is 0.235. The largest absolute Gasteiger partial charge is 0.508 e. The van der Waals surface area contributed by atoms with Gasteiger partial charge in [-0.05, 0) is 54.4 Å². The average Bonchev–Trinajstić information content (AvgIpc) is 2.48. The molecule has 0 bridgehead atoms. The normalized spacial score (nSPS) is 11.7. The van der Waals surface area contributed by atoms with Crippen LogP contribution < -0.4 is 15.2 Å². The molecule has 2 aromatic rings. The van der Waals surface area contributed by atoms with E-state index in [1.165, 1.54) is 0 Å². The second-order valence-electron chi connectivity index (χ2n) is 5.15. The first-order valence-electron chi connectivity index (χ1n) is 7.01. The molecule has 0 aliphatic heterocycles. The molecule has 5 nitrogen and oxygen atoms in total. The lowest BCUT2D eigenvalue weighted by Gasteiger charge is -2.12. The Morgan fingerprint density at radius 2 is 1.55 bits per heavy atom. The Morgan fingerprint density at radius 1 is 1.05 bits per heavy atom. The quantitative estimate of drug-likeness (QED) is 0.823. The van der Waals surface area contributed by atoms with Crippen LogP contribution in [0.15, 0.2) is 48.5 Å². The van der Waals surface area contributed by atoms with Crippen LogP contribution in [-0.2, 0) is 4.79 Å². The lowest BCUT2D eigenvalue weighted by molar-refractivity contribution is -0.119. The van der Waals surface area contributed by atoms with Crippen molar-refractivity contribution in [3.8, 4) is 23.0 Å². The molecule has 1 amide bonds. The number of hydrogen-bond acceptors (Lipinski definition) is 4. The van der Waals surface area contributed by atoms with Gasteiger partial charge in [-0.3, -0.25) is 4.79 Å². The molecule has 0 fully saturated rings. The maximum Gasteiger partial charge on any atom is 0.217 e. The Hall–Kier alpha value is -2.69. The number of amides is 1. The number of primary amides is 1. The molecule has 0 aliphatic rings. The monoisotopic (exact) mass is 301 g/mol. The summed E-state index contributed by atoms with van der Waals surface area (Å²) in [5.74, 6) is 1.96. The molecule has 0 saturated heterocycles. The van der Waals surface area contributed by atoms with Gasteiger partial charge < -0.3 is 20.3 Å². The topological polar surface area (TPSA) is 81.8 Å². The number of carbonyl (C=O) groups is 1. The van der Waals surface area contributed by atoms with Crippen LogP contribution in [0.1, 0.15) is 13.3 Å². The fourth-order valence-corrected chi connectivity index (χ4v) is 1.90. The number of nitrogens with two attached hydrogens (primary N) is 1. The molecule has 116 valence electrons. The van der Waals surface area contributed by atoms with Gasteiger partial charge in [0.05, 0.1) is 6.61 Å². The van der Waals surface area contributed by atoms with Crippen LogP contribution in [0.25, 0.3) is 0 Å². The number of ether oxygens (including phenoxy) is 2. The summed E-state index contributed by atoms with van der Waals surface area (Å²) < 4.78 is 11.2. The first-order chi connectivity index (χ1) is 10.5. The van der Waals surface area contributed by atoms with Crippen molar-refractivity contribution in [1.29, 1.82) is 0 Å². The van der Waals surface area contributed by atoms with E-state index in [2.05, 4.69) is 0 Å². The van der Waals surface area contributed by atoms with Crippen LogP contribution in [0, 0.1) is 5.92 Å². The molecule has 2 aromatic carbocycles. The van der Waals surface area contributed by atoms with Crippen LogP contribution in [0.3, 0.4) is 0 Å². The van der Waals surface area contributed by atoms with Crippen molar-refractivity contribution in [3.05, 3.63) is 48.5 Å².